The highest BCUT2D eigenvalue weighted by molar-refractivity contribution is 5.69. The van der Waals surface area contributed by atoms with Crippen molar-refractivity contribution < 1.29 is 4.42 Å². The van der Waals surface area contributed by atoms with Gasteiger partial charge in [-0.3, -0.25) is 0 Å². The summed E-state index contributed by atoms with van der Waals surface area (Å²) < 4.78 is 5.93. The number of hydrogen-bond donors (Lipinski definition) is 0. The van der Waals surface area contributed by atoms with Gasteiger partial charge in [0.1, 0.15) is 0 Å². The lowest BCUT2D eigenvalue weighted by atomic mass is 9.81. The second-order valence-corrected chi connectivity index (χ2v) is 6.75. The molecule has 0 saturated heterocycles. The molecule has 1 aromatic carbocycles. The first kappa shape index (κ1) is 18.2. The van der Waals surface area contributed by atoms with E-state index in [1.54, 1.807) is 0 Å². The quantitative estimate of drug-likeness (QED) is 0.602. The van der Waals surface area contributed by atoms with Crippen molar-refractivity contribution in [2.75, 3.05) is 0 Å². The van der Waals surface area contributed by atoms with E-state index in [0.717, 1.165) is 29.5 Å². The summed E-state index contributed by atoms with van der Waals surface area (Å²) in [6.45, 7) is 12.9. The number of aromatic nitrogens is 2. The van der Waals surface area contributed by atoms with Crippen LogP contribution >= 0.6 is 0 Å². The van der Waals surface area contributed by atoms with Crippen molar-refractivity contribution in [3.63, 3.8) is 0 Å². The van der Waals surface area contributed by atoms with Crippen LogP contribution in [0.3, 0.4) is 0 Å². The fraction of sp³-hybridized carbons (Fsp3) is 0.429. The molecule has 0 spiro atoms. The lowest BCUT2D eigenvalue weighted by Crippen LogP contribution is -2.15. The van der Waals surface area contributed by atoms with Crippen LogP contribution in [0.5, 0.6) is 0 Å². The molecule has 0 saturated carbocycles. The molecular weight excluding hydrogens is 296 g/mol. The number of nitrogens with zero attached hydrogens (tertiary/aromatic N) is 2. The first-order chi connectivity index (χ1) is 11.4. The first-order valence-electron chi connectivity index (χ1n) is 8.71. The minimum absolute atomic E-state index is 0.173. The molecule has 2 aromatic rings. The molecule has 3 heteroatoms. The van der Waals surface area contributed by atoms with Crippen molar-refractivity contribution in [2.24, 2.45) is 0 Å². The number of rotatable bonds is 6. The zero-order chi connectivity index (χ0) is 17.7. The molecule has 0 atom stereocenters. The summed E-state index contributed by atoms with van der Waals surface area (Å²) in [6, 6.07) is 6.50. The molecule has 0 aliphatic carbocycles. The molecule has 1 aromatic heterocycles. The monoisotopic (exact) mass is 324 g/mol. The first-order valence-corrected chi connectivity index (χ1v) is 8.71. The highest BCUT2D eigenvalue weighted by Crippen LogP contribution is 2.31. The third-order valence-electron chi connectivity index (χ3n) is 4.56. The Hall–Kier alpha value is -2.16. The van der Waals surface area contributed by atoms with Gasteiger partial charge in [0.25, 0.3) is 0 Å². The third kappa shape index (κ3) is 3.84. The summed E-state index contributed by atoms with van der Waals surface area (Å²) in [5.41, 5.74) is 4.65. The molecule has 1 heterocycles. The lowest BCUT2D eigenvalue weighted by molar-refractivity contribution is 0.505. The summed E-state index contributed by atoms with van der Waals surface area (Å²) >= 11 is 0. The third-order valence-corrected chi connectivity index (χ3v) is 4.56. The van der Waals surface area contributed by atoms with Gasteiger partial charge < -0.3 is 4.42 Å². The van der Waals surface area contributed by atoms with Crippen molar-refractivity contribution in [3.05, 3.63) is 53.4 Å². The molecular formula is C21H28N2O. The zero-order valence-corrected chi connectivity index (χ0v) is 15.7. The van der Waals surface area contributed by atoms with Crippen LogP contribution in [0.4, 0.5) is 0 Å². The molecule has 3 nitrogen and oxygen atoms in total. The van der Waals surface area contributed by atoms with E-state index < -0.39 is 0 Å². The fourth-order valence-corrected chi connectivity index (χ4v) is 2.60. The van der Waals surface area contributed by atoms with Crippen molar-refractivity contribution in [1.29, 1.82) is 0 Å². The van der Waals surface area contributed by atoms with E-state index in [1.165, 1.54) is 5.56 Å². The normalized spacial score (nSPS) is 13.0. The minimum atomic E-state index is 0.173. The summed E-state index contributed by atoms with van der Waals surface area (Å²) in [4.78, 5) is 0. The van der Waals surface area contributed by atoms with E-state index in [1.807, 2.05) is 19.1 Å². The average Bonchev–Trinajstić information content (AvgIpc) is 3.04. The van der Waals surface area contributed by atoms with Crippen LogP contribution in [0.2, 0.25) is 0 Å². The van der Waals surface area contributed by atoms with Crippen molar-refractivity contribution in [3.8, 4) is 11.5 Å². The maximum absolute atomic E-state index is 5.93. The molecule has 0 amide bonds. The Bertz CT molecular complexity index is 751. The molecule has 0 aliphatic heterocycles. The van der Waals surface area contributed by atoms with Crippen LogP contribution in [0.1, 0.15) is 64.5 Å². The Labute approximate surface area is 145 Å². The van der Waals surface area contributed by atoms with Gasteiger partial charge in [-0.2, -0.15) is 0 Å². The van der Waals surface area contributed by atoms with Gasteiger partial charge in [-0.15, -0.1) is 10.2 Å². The molecule has 0 aliphatic rings. The van der Waals surface area contributed by atoms with Gasteiger partial charge in [0.2, 0.25) is 11.8 Å². The highest BCUT2D eigenvalue weighted by Gasteiger charge is 2.20. The second-order valence-electron chi connectivity index (χ2n) is 6.75. The number of aryl methyl sites for hydroxylation is 1. The van der Waals surface area contributed by atoms with Gasteiger partial charge in [-0.25, -0.2) is 0 Å². The average molecular weight is 324 g/mol. The summed E-state index contributed by atoms with van der Waals surface area (Å²) in [5, 5.41) is 8.48. The van der Waals surface area contributed by atoms with Crippen LogP contribution in [-0.2, 0) is 5.41 Å². The molecule has 0 fully saturated rings. The molecule has 0 N–H and O–H groups in total. The van der Waals surface area contributed by atoms with E-state index in [4.69, 9.17) is 4.42 Å². The van der Waals surface area contributed by atoms with Crippen molar-refractivity contribution in [1.82, 2.24) is 10.2 Å². The maximum Gasteiger partial charge on any atom is 0.248 e. The molecule has 0 unspecified atom stereocenters. The Balaban J connectivity index is 2.39. The molecule has 24 heavy (non-hydrogen) atoms. The fourth-order valence-electron chi connectivity index (χ4n) is 2.60. The van der Waals surface area contributed by atoms with Gasteiger partial charge in [0, 0.05) is 11.1 Å². The van der Waals surface area contributed by atoms with Crippen molar-refractivity contribution >= 4 is 5.57 Å². The predicted octanol–water partition coefficient (Wildman–Crippen LogP) is 6.10. The molecule has 2 rings (SSSR count). The van der Waals surface area contributed by atoms with E-state index in [2.05, 4.69) is 69.1 Å². The van der Waals surface area contributed by atoms with Crippen LogP contribution in [0, 0.1) is 6.92 Å². The SMILES string of the molecule is C/C=C\C(=C/CC)c1nnc(-c2ccc(C(C)(C)CC)cc2C)o1. The van der Waals surface area contributed by atoms with Gasteiger partial charge in [-0.1, -0.05) is 58.1 Å². The molecule has 128 valence electrons. The minimum Gasteiger partial charge on any atom is -0.416 e. The lowest BCUT2D eigenvalue weighted by Gasteiger charge is -2.24. The Kier molecular flexibility index (Phi) is 5.76. The Morgan fingerprint density at radius 2 is 1.96 bits per heavy atom. The Morgan fingerprint density at radius 1 is 1.21 bits per heavy atom. The van der Waals surface area contributed by atoms with Crippen LogP contribution in [0.25, 0.3) is 17.0 Å². The van der Waals surface area contributed by atoms with E-state index in [9.17, 15) is 0 Å². The topological polar surface area (TPSA) is 38.9 Å². The van der Waals surface area contributed by atoms with Gasteiger partial charge in [0.15, 0.2) is 0 Å². The smallest absolute Gasteiger partial charge is 0.248 e. The summed E-state index contributed by atoms with van der Waals surface area (Å²) in [5.74, 6) is 1.15. The van der Waals surface area contributed by atoms with E-state index >= 15 is 0 Å². The van der Waals surface area contributed by atoms with Gasteiger partial charge in [0.05, 0.1) is 0 Å². The number of benzene rings is 1. The van der Waals surface area contributed by atoms with Gasteiger partial charge in [-0.05, 0) is 49.3 Å². The molecule has 0 radical (unpaired) electrons. The second kappa shape index (κ2) is 7.61. The summed E-state index contributed by atoms with van der Waals surface area (Å²) in [7, 11) is 0. The summed E-state index contributed by atoms with van der Waals surface area (Å²) in [6.07, 6.45) is 8.11. The van der Waals surface area contributed by atoms with Crippen LogP contribution < -0.4 is 0 Å². The van der Waals surface area contributed by atoms with Gasteiger partial charge >= 0.3 is 0 Å². The number of hydrogen-bond acceptors (Lipinski definition) is 3. The standard InChI is InChI=1S/C21H28N2O/c1-7-10-16(11-8-2)19-22-23-20(24-19)18-13-12-17(14-15(18)4)21(5,6)9-3/h7,10-14H,8-9H2,1-6H3/b10-7-,16-11+. The zero-order valence-electron chi connectivity index (χ0n) is 15.7. The maximum atomic E-state index is 5.93. The molecule has 0 bridgehead atoms. The van der Waals surface area contributed by atoms with E-state index in [0.29, 0.717) is 11.8 Å². The van der Waals surface area contributed by atoms with Crippen LogP contribution in [0.15, 0.2) is 40.8 Å². The van der Waals surface area contributed by atoms with Crippen LogP contribution in [-0.4, -0.2) is 10.2 Å². The van der Waals surface area contributed by atoms with E-state index in [-0.39, 0.29) is 5.41 Å². The highest BCUT2D eigenvalue weighted by atomic mass is 16.4. The Morgan fingerprint density at radius 3 is 2.54 bits per heavy atom. The number of allylic oxidation sites excluding steroid dienone is 4. The van der Waals surface area contributed by atoms with Crippen molar-refractivity contribution in [2.45, 2.75) is 59.8 Å². The largest absolute Gasteiger partial charge is 0.416 e. The predicted molar refractivity (Wildman–Crippen MR) is 101 cm³/mol.